The lowest BCUT2D eigenvalue weighted by Gasteiger charge is -2.44. The van der Waals surface area contributed by atoms with Crippen molar-refractivity contribution < 1.29 is 14.3 Å². The molecule has 5 heteroatoms. The van der Waals surface area contributed by atoms with E-state index in [2.05, 4.69) is 54.4 Å². The third-order valence-electron chi connectivity index (χ3n) is 7.81. The van der Waals surface area contributed by atoms with E-state index in [0.29, 0.717) is 5.92 Å². The van der Waals surface area contributed by atoms with Crippen molar-refractivity contribution in [3.8, 4) is 16.9 Å². The van der Waals surface area contributed by atoms with Crippen molar-refractivity contribution in [1.82, 2.24) is 10.2 Å². The molecule has 0 saturated carbocycles. The molecule has 3 heterocycles. The van der Waals surface area contributed by atoms with Gasteiger partial charge in [-0.1, -0.05) is 44.2 Å². The second kappa shape index (κ2) is 8.43. The summed E-state index contributed by atoms with van der Waals surface area (Å²) in [5.74, 6) is 1.38. The largest absolute Gasteiger partial charge is 0.497 e. The number of nitrogens with zero attached hydrogens (tertiary/aromatic N) is 1. The number of rotatable bonds is 4. The molecule has 1 amide bonds. The van der Waals surface area contributed by atoms with Gasteiger partial charge in [-0.3, -0.25) is 4.90 Å². The van der Waals surface area contributed by atoms with Crippen LogP contribution in [0.15, 0.2) is 42.5 Å². The molecule has 1 aliphatic carbocycles. The second-order valence-electron chi connectivity index (χ2n) is 10.3. The van der Waals surface area contributed by atoms with Crippen LogP contribution in [0.5, 0.6) is 5.75 Å². The van der Waals surface area contributed by atoms with Gasteiger partial charge >= 0.3 is 6.09 Å². The van der Waals surface area contributed by atoms with Crippen LogP contribution < -0.4 is 10.1 Å². The summed E-state index contributed by atoms with van der Waals surface area (Å²) in [6.07, 6.45) is 4.08. The fourth-order valence-corrected chi connectivity index (χ4v) is 5.70. The first kappa shape index (κ1) is 21.3. The van der Waals surface area contributed by atoms with Gasteiger partial charge in [-0.25, -0.2) is 4.79 Å². The Morgan fingerprint density at radius 1 is 1.06 bits per heavy atom. The predicted octanol–water partition coefficient (Wildman–Crippen LogP) is 5.20. The second-order valence-corrected chi connectivity index (χ2v) is 10.3. The molecular weight excluding hydrogens is 400 g/mol. The molecule has 32 heavy (non-hydrogen) atoms. The number of benzene rings is 2. The number of hydrogen-bond donors (Lipinski definition) is 1. The fraction of sp³-hybridized carbons (Fsp3) is 0.519. The topological polar surface area (TPSA) is 50.8 Å². The molecule has 4 aliphatic rings. The van der Waals surface area contributed by atoms with E-state index < -0.39 is 0 Å². The van der Waals surface area contributed by atoms with Crippen LogP contribution in [0, 0.1) is 11.3 Å². The summed E-state index contributed by atoms with van der Waals surface area (Å²) in [6, 6.07) is 14.7. The van der Waals surface area contributed by atoms with Gasteiger partial charge in [-0.05, 0) is 84.5 Å². The molecule has 3 aliphatic heterocycles. The van der Waals surface area contributed by atoms with Gasteiger partial charge in [0.1, 0.15) is 11.9 Å². The van der Waals surface area contributed by atoms with Crippen LogP contribution in [0.2, 0.25) is 0 Å². The van der Waals surface area contributed by atoms with Crippen LogP contribution >= 0.6 is 0 Å². The minimum Gasteiger partial charge on any atom is -0.497 e. The van der Waals surface area contributed by atoms with Gasteiger partial charge in [-0.15, -0.1) is 0 Å². The zero-order valence-electron chi connectivity index (χ0n) is 19.4. The van der Waals surface area contributed by atoms with Crippen LogP contribution in [0.1, 0.15) is 50.3 Å². The van der Waals surface area contributed by atoms with Gasteiger partial charge in [0.2, 0.25) is 0 Å². The van der Waals surface area contributed by atoms with Crippen molar-refractivity contribution >= 4 is 6.09 Å². The fourth-order valence-electron chi connectivity index (χ4n) is 5.70. The summed E-state index contributed by atoms with van der Waals surface area (Å²) in [4.78, 5) is 15.4. The van der Waals surface area contributed by atoms with Crippen LogP contribution in [-0.2, 0) is 11.2 Å². The molecule has 170 valence electrons. The highest BCUT2D eigenvalue weighted by molar-refractivity contribution is 5.70. The molecule has 2 bridgehead atoms. The van der Waals surface area contributed by atoms with Crippen molar-refractivity contribution in [2.24, 2.45) is 11.3 Å². The quantitative estimate of drug-likeness (QED) is 0.719. The van der Waals surface area contributed by atoms with E-state index in [1.807, 2.05) is 12.1 Å². The standard InChI is InChI=1S/C27H34N2O3/c1-27(2)13-10-21-16-20(18-4-7-22(31-3)8-5-18)6-9-23(21)25(27)28-26(30)32-24-17-29-14-11-19(24)12-15-29/h4-9,16,19,24-25H,10-15,17H2,1-3H3,(H,28,30)/t24-,25?/m1/s1. The number of fused-ring (bicyclic) bond motifs is 4. The maximum absolute atomic E-state index is 12.9. The minimum absolute atomic E-state index is 0.0251. The first-order valence-corrected chi connectivity index (χ1v) is 11.9. The number of ether oxygens (including phenoxy) is 2. The summed E-state index contributed by atoms with van der Waals surface area (Å²) in [7, 11) is 1.68. The van der Waals surface area contributed by atoms with E-state index in [4.69, 9.17) is 9.47 Å². The number of alkyl carbamates (subject to hydrolysis) is 1. The summed E-state index contributed by atoms with van der Waals surface area (Å²) >= 11 is 0. The Kier molecular flexibility index (Phi) is 5.62. The van der Waals surface area contributed by atoms with Crippen LogP contribution in [0.4, 0.5) is 4.79 Å². The number of nitrogens with one attached hydrogen (secondary N) is 1. The molecule has 6 rings (SSSR count). The molecule has 3 fully saturated rings. The highest BCUT2D eigenvalue weighted by Gasteiger charge is 2.40. The molecule has 0 aromatic heterocycles. The third-order valence-corrected chi connectivity index (χ3v) is 7.81. The molecule has 1 unspecified atom stereocenters. The average molecular weight is 435 g/mol. The van der Waals surface area contributed by atoms with Gasteiger partial charge in [0.05, 0.1) is 13.2 Å². The normalized spacial score (nSPS) is 28.0. The van der Waals surface area contributed by atoms with Crippen molar-refractivity contribution in [3.63, 3.8) is 0 Å². The van der Waals surface area contributed by atoms with Crippen molar-refractivity contribution in [2.75, 3.05) is 26.7 Å². The third kappa shape index (κ3) is 4.11. The molecule has 3 saturated heterocycles. The monoisotopic (exact) mass is 434 g/mol. The first-order valence-electron chi connectivity index (χ1n) is 11.9. The zero-order valence-corrected chi connectivity index (χ0v) is 19.4. The molecule has 2 aromatic carbocycles. The predicted molar refractivity (Wildman–Crippen MR) is 126 cm³/mol. The van der Waals surface area contributed by atoms with Crippen molar-refractivity contribution in [2.45, 2.75) is 51.7 Å². The minimum atomic E-state index is -0.270. The molecule has 1 N–H and O–H groups in total. The SMILES string of the molecule is COc1ccc(-c2ccc3c(c2)CCC(C)(C)C3NC(=O)O[C@@H]2CN3CCC2CC3)cc1. The molecular formula is C27H34N2O3. The first-order chi connectivity index (χ1) is 15.4. The summed E-state index contributed by atoms with van der Waals surface area (Å²) in [5.41, 5.74) is 4.86. The van der Waals surface area contributed by atoms with Gasteiger partial charge in [0.15, 0.2) is 0 Å². The Morgan fingerprint density at radius 2 is 1.78 bits per heavy atom. The Morgan fingerprint density at radius 3 is 2.44 bits per heavy atom. The molecule has 2 aromatic rings. The highest BCUT2D eigenvalue weighted by atomic mass is 16.6. The lowest BCUT2D eigenvalue weighted by Crippen LogP contribution is -2.53. The molecule has 0 spiro atoms. The van der Waals surface area contributed by atoms with Crippen molar-refractivity contribution in [3.05, 3.63) is 53.6 Å². The van der Waals surface area contributed by atoms with Crippen LogP contribution in [-0.4, -0.2) is 43.8 Å². The molecule has 5 nitrogen and oxygen atoms in total. The Hall–Kier alpha value is -2.53. The number of piperidine rings is 3. The number of carbonyl (C=O) groups is 1. The zero-order chi connectivity index (χ0) is 22.3. The van der Waals surface area contributed by atoms with Gasteiger partial charge in [0, 0.05) is 6.54 Å². The lowest BCUT2D eigenvalue weighted by molar-refractivity contribution is -0.0353. The van der Waals surface area contributed by atoms with E-state index in [9.17, 15) is 4.79 Å². The maximum atomic E-state index is 12.9. The number of aryl methyl sites for hydroxylation is 1. The lowest BCUT2D eigenvalue weighted by atomic mass is 9.70. The summed E-state index contributed by atoms with van der Waals surface area (Å²) in [6.45, 7) is 7.66. The Labute approximate surface area is 191 Å². The van der Waals surface area contributed by atoms with Crippen molar-refractivity contribution in [1.29, 1.82) is 0 Å². The van der Waals surface area contributed by atoms with Gasteiger partial charge < -0.3 is 14.8 Å². The Balaban J connectivity index is 1.34. The number of carbonyl (C=O) groups excluding carboxylic acids is 1. The summed E-state index contributed by atoms with van der Waals surface area (Å²) in [5, 5.41) is 3.25. The number of hydrogen-bond acceptors (Lipinski definition) is 4. The van der Waals surface area contributed by atoms with E-state index in [1.54, 1.807) is 7.11 Å². The summed E-state index contributed by atoms with van der Waals surface area (Å²) < 4.78 is 11.2. The average Bonchev–Trinajstić information content (AvgIpc) is 2.81. The van der Waals surface area contributed by atoms with E-state index in [-0.39, 0.29) is 23.7 Å². The highest BCUT2D eigenvalue weighted by Crippen LogP contribution is 2.44. The Bertz CT molecular complexity index is 977. The van der Waals surface area contributed by atoms with E-state index in [1.165, 1.54) is 22.3 Å². The van der Waals surface area contributed by atoms with Crippen LogP contribution in [0.25, 0.3) is 11.1 Å². The van der Waals surface area contributed by atoms with Crippen LogP contribution in [0.3, 0.4) is 0 Å². The van der Waals surface area contributed by atoms with Gasteiger partial charge in [0.25, 0.3) is 0 Å². The maximum Gasteiger partial charge on any atom is 0.407 e. The smallest absolute Gasteiger partial charge is 0.407 e. The number of amides is 1. The van der Waals surface area contributed by atoms with E-state index >= 15 is 0 Å². The number of methoxy groups -OCH3 is 1. The van der Waals surface area contributed by atoms with E-state index in [0.717, 1.165) is 51.1 Å². The van der Waals surface area contributed by atoms with Gasteiger partial charge in [-0.2, -0.15) is 0 Å². The molecule has 0 radical (unpaired) electrons. The molecule has 2 atom stereocenters.